The van der Waals surface area contributed by atoms with E-state index in [9.17, 15) is 0 Å². The number of benzene rings is 1. The Labute approximate surface area is 221 Å². The smallest absolute Gasteiger partial charge is 0.00974 e. The van der Waals surface area contributed by atoms with Crippen LogP contribution in [0.2, 0.25) is 0 Å². The number of hydrogen-bond acceptors (Lipinski definition) is 0. The van der Waals surface area contributed by atoms with Gasteiger partial charge in [0.15, 0.2) is 0 Å². The normalized spacial score (nSPS) is 12.7. The molecular weight excluding hydrogens is 420 g/mol. The maximum atomic E-state index is 4.15. The molecule has 0 nitrogen and oxygen atoms in total. The second-order valence-electron chi connectivity index (χ2n) is 8.95. The van der Waals surface area contributed by atoms with Crippen LogP contribution in [-0.2, 0) is 6.42 Å². The van der Waals surface area contributed by atoms with Gasteiger partial charge in [0, 0.05) is 0 Å². The van der Waals surface area contributed by atoms with Crippen molar-refractivity contribution in [1.29, 1.82) is 0 Å². The highest BCUT2D eigenvalue weighted by Crippen LogP contribution is 2.19. The number of rotatable bonds is 14. The Morgan fingerprint density at radius 3 is 2.09 bits per heavy atom. The highest BCUT2D eigenvalue weighted by Gasteiger charge is 2.03. The van der Waals surface area contributed by atoms with E-state index < -0.39 is 0 Å². The first-order valence-electron chi connectivity index (χ1n) is 14.3. The molecular formula is C35H58. The Balaban J connectivity index is 0. The Kier molecular flexibility index (Phi) is 25.1. The molecule has 0 aliphatic heterocycles. The number of allylic oxidation sites excluding steroid dienone is 9. The van der Waals surface area contributed by atoms with Crippen molar-refractivity contribution in [2.75, 3.05) is 0 Å². The van der Waals surface area contributed by atoms with E-state index in [1.165, 1.54) is 54.4 Å². The van der Waals surface area contributed by atoms with Crippen molar-refractivity contribution in [3.63, 3.8) is 0 Å². The van der Waals surface area contributed by atoms with Crippen LogP contribution in [0.1, 0.15) is 125 Å². The van der Waals surface area contributed by atoms with Crippen LogP contribution >= 0.6 is 0 Å². The molecule has 0 saturated heterocycles. The SMILES string of the molecule is C/C=C(\CC)C(C)C/C=C\C(C)=C/CC.C=C(C/C=C\CC)c1ccc(CCCCC)cc1.CC. The van der Waals surface area contributed by atoms with Crippen LogP contribution in [0.15, 0.2) is 78.4 Å². The Morgan fingerprint density at radius 2 is 1.57 bits per heavy atom. The van der Waals surface area contributed by atoms with Gasteiger partial charge in [-0.2, -0.15) is 0 Å². The van der Waals surface area contributed by atoms with Crippen LogP contribution in [0.25, 0.3) is 5.57 Å². The van der Waals surface area contributed by atoms with Gasteiger partial charge in [0.2, 0.25) is 0 Å². The molecule has 1 aromatic carbocycles. The monoisotopic (exact) mass is 478 g/mol. The van der Waals surface area contributed by atoms with Gasteiger partial charge >= 0.3 is 0 Å². The molecule has 0 heterocycles. The zero-order chi connectivity index (χ0) is 26.9. The lowest BCUT2D eigenvalue weighted by Crippen LogP contribution is -1.96. The van der Waals surface area contributed by atoms with Gasteiger partial charge in [-0.25, -0.2) is 0 Å². The largest absolute Gasteiger partial charge is 0.0949 e. The lowest BCUT2D eigenvalue weighted by atomic mass is 9.95. The van der Waals surface area contributed by atoms with Crippen LogP contribution in [0.4, 0.5) is 0 Å². The molecule has 0 amide bonds. The molecule has 1 aromatic rings. The Morgan fingerprint density at radius 1 is 0.914 bits per heavy atom. The van der Waals surface area contributed by atoms with E-state index in [0.29, 0.717) is 5.92 Å². The summed E-state index contributed by atoms with van der Waals surface area (Å²) in [6, 6.07) is 8.92. The average Bonchev–Trinajstić information content (AvgIpc) is 2.87. The van der Waals surface area contributed by atoms with E-state index in [1.54, 1.807) is 5.57 Å². The summed E-state index contributed by atoms with van der Waals surface area (Å²) in [6.45, 7) is 23.6. The highest BCUT2D eigenvalue weighted by molar-refractivity contribution is 5.64. The molecule has 1 atom stereocenters. The van der Waals surface area contributed by atoms with Crippen molar-refractivity contribution in [3.05, 3.63) is 89.6 Å². The lowest BCUT2D eigenvalue weighted by Gasteiger charge is -2.11. The number of aryl methyl sites for hydroxylation is 1. The fourth-order valence-electron chi connectivity index (χ4n) is 3.83. The molecule has 0 aliphatic rings. The van der Waals surface area contributed by atoms with Gasteiger partial charge in [-0.15, -0.1) is 0 Å². The van der Waals surface area contributed by atoms with Crippen LogP contribution < -0.4 is 0 Å². The van der Waals surface area contributed by atoms with Crippen molar-refractivity contribution in [3.8, 4) is 0 Å². The second-order valence-corrected chi connectivity index (χ2v) is 8.95. The highest BCUT2D eigenvalue weighted by atomic mass is 14.1. The maximum Gasteiger partial charge on any atom is -0.00974 e. The number of hydrogen-bond donors (Lipinski definition) is 0. The van der Waals surface area contributed by atoms with Gasteiger partial charge in [-0.05, 0) is 81.4 Å². The molecule has 0 saturated carbocycles. The molecule has 1 rings (SSSR count). The summed E-state index contributed by atoms with van der Waals surface area (Å²) in [7, 11) is 0. The molecule has 198 valence electrons. The minimum Gasteiger partial charge on any atom is -0.0949 e. The van der Waals surface area contributed by atoms with E-state index >= 15 is 0 Å². The van der Waals surface area contributed by atoms with Crippen molar-refractivity contribution < 1.29 is 0 Å². The summed E-state index contributed by atoms with van der Waals surface area (Å²) in [6.07, 6.45) is 24.1. The van der Waals surface area contributed by atoms with E-state index in [-0.39, 0.29) is 0 Å². The van der Waals surface area contributed by atoms with E-state index in [2.05, 4.69) is 116 Å². The molecule has 0 fully saturated rings. The third kappa shape index (κ3) is 18.9. The maximum absolute atomic E-state index is 4.15. The summed E-state index contributed by atoms with van der Waals surface area (Å²) in [4.78, 5) is 0. The minimum atomic E-state index is 0.686. The zero-order valence-electron chi connectivity index (χ0n) is 24.9. The lowest BCUT2D eigenvalue weighted by molar-refractivity contribution is 0.666. The van der Waals surface area contributed by atoms with Gasteiger partial charge in [0.05, 0.1) is 0 Å². The molecule has 0 heteroatoms. The van der Waals surface area contributed by atoms with Crippen LogP contribution in [0.5, 0.6) is 0 Å². The molecule has 0 aromatic heterocycles. The predicted octanol–water partition coefficient (Wildman–Crippen LogP) is 12.1. The first-order valence-corrected chi connectivity index (χ1v) is 14.3. The third-order valence-electron chi connectivity index (χ3n) is 6.01. The van der Waals surface area contributed by atoms with Crippen LogP contribution in [0, 0.1) is 5.92 Å². The zero-order valence-corrected chi connectivity index (χ0v) is 24.9. The van der Waals surface area contributed by atoms with Crippen LogP contribution in [0.3, 0.4) is 0 Å². The van der Waals surface area contributed by atoms with Crippen LogP contribution in [-0.4, -0.2) is 0 Å². The first kappa shape index (κ1) is 35.1. The molecule has 0 bridgehead atoms. The molecule has 0 aliphatic carbocycles. The topological polar surface area (TPSA) is 0 Å². The molecule has 0 spiro atoms. The summed E-state index contributed by atoms with van der Waals surface area (Å²) < 4.78 is 0. The molecule has 0 N–H and O–H groups in total. The van der Waals surface area contributed by atoms with Gasteiger partial charge in [0.25, 0.3) is 0 Å². The quantitative estimate of drug-likeness (QED) is 0.142. The van der Waals surface area contributed by atoms with E-state index in [1.807, 2.05) is 13.8 Å². The van der Waals surface area contributed by atoms with E-state index in [0.717, 1.165) is 25.7 Å². The summed E-state index contributed by atoms with van der Waals surface area (Å²) >= 11 is 0. The third-order valence-corrected chi connectivity index (χ3v) is 6.01. The Hall–Kier alpha value is -2.08. The fraction of sp³-hybridized carbons (Fsp3) is 0.543. The van der Waals surface area contributed by atoms with Crippen molar-refractivity contribution in [1.82, 2.24) is 0 Å². The summed E-state index contributed by atoms with van der Waals surface area (Å²) in [5.74, 6) is 0.686. The first-order chi connectivity index (χ1) is 16.9. The summed E-state index contributed by atoms with van der Waals surface area (Å²) in [5.41, 5.74) is 6.87. The second kappa shape index (κ2) is 25.0. The molecule has 35 heavy (non-hydrogen) atoms. The minimum absolute atomic E-state index is 0.686. The average molecular weight is 479 g/mol. The van der Waals surface area contributed by atoms with Gasteiger partial charge in [0.1, 0.15) is 0 Å². The van der Waals surface area contributed by atoms with Crippen molar-refractivity contribution >= 4 is 5.57 Å². The van der Waals surface area contributed by atoms with Crippen molar-refractivity contribution in [2.24, 2.45) is 5.92 Å². The fourth-order valence-corrected chi connectivity index (χ4v) is 3.83. The summed E-state index contributed by atoms with van der Waals surface area (Å²) in [5, 5.41) is 0. The predicted molar refractivity (Wildman–Crippen MR) is 165 cm³/mol. The van der Waals surface area contributed by atoms with Crippen molar-refractivity contribution in [2.45, 2.75) is 120 Å². The van der Waals surface area contributed by atoms with Gasteiger partial charge < -0.3 is 0 Å². The molecule has 0 radical (unpaired) electrons. The van der Waals surface area contributed by atoms with Gasteiger partial charge in [-0.1, -0.05) is 140 Å². The standard InChI is InChI=1S/C18H26.C15H26.C2H6/c1-4-6-8-10-16(3)18-14-12-17(13-15-18)11-9-7-5-2;1-6-10-13(4)11-9-12-14(5)15(7-2)8-3;1-2/h6,8,12-15H,3-5,7,9-11H2,1-2H3;7,9-11,14H,6,8,12H2,1-5H3;1-2H3/b8-6-;11-9-,13-10-,15-7+;. The molecule has 1 unspecified atom stereocenters. The Bertz CT molecular complexity index is 737. The number of unbranched alkanes of at least 4 members (excludes halogenated alkanes) is 2. The van der Waals surface area contributed by atoms with E-state index in [4.69, 9.17) is 0 Å². The van der Waals surface area contributed by atoms with Gasteiger partial charge in [-0.3, -0.25) is 0 Å².